The first-order chi connectivity index (χ1) is 14.7. The summed E-state index contributed by atoms with van der Waals surface area (Å²) in [5.74, 6) is -0.113. The number of urea groups is 1. The van der Waals surface area contributed by atoms with Crippen molar-refractivity contribution in [3.8, 4) is 5.75 Å². The zero-order valence-electron chi connectivity index (χ0n) is 15.5. The highest BCUT2D eigenvalue weighted by Crippen LogP contribution is 2.44. The van der Waals surface area contributed by atoms with E-state index in [1.54, 1.807) is 12.1 Å². The van der Waals surface area contributed by atoms with Crippen LogP contribution < -0.4 is 15.4 Å². The van der Waals surface area contributed by atoms with Crippen LogP contribution in [-0.4, -0.2) is 33.6 Å². The Bertz CT molecular complexity index is 1190. The predicted octanol–water partition coefficient (Wildman–Crippen LogP) is 4.88. The molecule has 3 aromatic rings. The monoisotopic (exact) mass is 454 g/mol. The van der Waals surface area contributed by atoms with Gasteiger partial charge in [0.1, 0.15) is 5.75 Å². The number of carbonyl (C=O) groups is 2. The largest absolute Gasteiger partial charge is 0.492 e. The number of anilines is 1. The molecule has 0 radical (unpaired) electrons. The van der Waals surface area contributed by atoms with E-state index in [4.69, 9.17) is 21.4 Å². The number of carbonyl (C=O) groups excluding carboxylic acids is 1. The van der Waals surface area contributed by atoms with Crippen LogP contribution in [0, 0.1) is 0 Å². The molecule has 1 atom stereocenters. The third-order valence-corrected chi connectivity index (χ3v) is 5.18. The highest BCUT2D eigenvalue weighted by molar-refractivity contribution is 6.33. The Hall–Kier alpha value is -3.47. The van der Waals surface area contributed by atoms with E-state index in [0.717, 1.165) is 10.7 Å². The fraction of sp³-hybridized carbons (Fsp3) is 0.211. The Morgan fingerprint density at radius 1 is 1.26 bits per heavy atom. The summed E-state index contributed by atoms with van der Waals surface area (Å²) in [5, 5.41) is 18.1. The van der Waals surface area contributed by atoms with E-state index in [2.05, 4.69) is 15.7 Å². The topological polar surface area (TPSA) is 105 Å². The van der Waals surface area contributed by atoms with Gasteiger partial charge in [0.05, 0.1) is 40.6 Å². The van der Waals surface area contributed by atoms with Gasteiger partial charge in [-0.1, -0.05) is 23.7 Å². The average molecular weight is 455 g/mol. The first-order valence-electron chi connectivity index (χ1n) is 8.96. The maximum Gasteiger partial charge on any atom is 0.432 e. The van der Waals surface area contributed by atoms with Crippen LogP contribution >= 0.6 is 11.6 Å². The summed E-state index contributed by atoms with van der Waals surface area (Å²) in [6.07, 6.45) is -4.28. The van der Waals surface area contributed by atoms with Gasteiger partial charge in [-0.15, -0.1) is 0 Å². The third-order valence-electron chi connectivity index (χ3n) is 4.81. The van der Waals surface area contributed by atoms with E-state index in [1.165, 1.54) is 18.3 Å². The van der Waals surface area contributed by atoms with Crippen molar-refractivity contribution in [2.24, 2.45) is 0 Å². The SMILES string of the molecule is O=C(Nc1cccc2c1cnn2C(=O)O)NC1CCOc2c1ccc(C(F)(F)F)c2Cl. The van der Waals surface area contributed by atoms with Gasteiger partial charge in [-0.05, 0) is 18.2 Å². The molecule has 12 heteroatoms. The summed E-state index contributed by atoms with van der Waals surface area (Å²) in [6, 6.07) is 5.47. The number of amides is 2. The second kappa shape index (κ2) is 7.65. The Morgan fingerprint density at radius 3 is 2.74 bits per heavy atom. The minimum atomic E-state index is -4.63. The number of hydrogen-bond donors (Lipinski definition) is 3. The van der Waals surface area contributed by atoms with Crippen LogP contribution in [0.1, 0.15) is 23.6 Å². The van der Waals surface area contributed by atoms with E-state index in [1.807, 2.05) is 0 Å². The molecular formula is C19H14ClF3N4O4. The number of carboxylic acid groups (broad SMARTS) is 1. The van der Waals surface area contributed by atoms with E-state index in [-0.39, 0.29) is 17.9 Å². The number of aromatic nitrogens is 2. The maximum absolute atomic E-state index is 13.1. The van der Waals surface area contributed by atoms with Gasteiger partial charge in [0.2, 0.25) is 0 Å². The van der Waals surface area contributed by atoms with Crippen molar-refractivity contribution in [3.05, 3.63) is 52.7 Å². The molecule has 0 saturated carbocycles. The number of benzene rings is 2. The Morgan fingerprint density at radius 2 is 2.03 bits per heavy atom. The molecule has 0 saturated heterocycles. The highest BCUT2D eigenvalue weighted by atomic mass is 35.5. The summed E-state index contributed by atoms with van der Waals surface area (Å²) >= 11 is 5.91. The van der Waals surface area contributed by atoms with Gasteiger partial charge in [0, 0.05) is 17.4 Å². The molecule has 2 aromatic carbocycles. The van der Waals surface area contributed by atoms with Gasteiger partial charge in [-0.3, -0.25) is 0 Å². The number of rotatable bonds is 2. The van der Waals surface area contributed by atoms with E-state index < -0.39 is 34.9 Å². The molecule has 8 nitrogen and oxygen atoms in total. The number of fused-ring (bicyclic) bond motifs is 2. The summed E-state index contributed by atoms with van der Waals surface area (Å²) in [5.41, 5.74) is -0.0788. The molecule has 31 heavy (non-hydrogen) atoms. The molecule has 2 heterocycles. The van der Waals surface area contributed by atoms with Crippen LogP contribution in [0.2, 0.25) is 5.02 Å². The van der Waals surface area contributed by atoms with Gasteiger partial charge in [-0.2, -0.15) is 23.0 Å². The summed E-state index contributed by atoms with van der Waals surface area (Å²) in [6.45, 7) is 0.0694. The lowest BCUT2D eigenvalue weighted by atomic mass is 9.98. The fourth-order valence-electron chi connectivity index (χ4n) is 3.42. The zero-order chi connectivity index (χ0) is 22.3. The van der Waals surface area contributed by atoms with Crippen LogP contribution in [0.3, 0.4) is 0 Å². The van der Waals surface area contributed by atoms with Gasteiger partial charge in [0.15, 0.2) is 0 Å². The molecule has 3 N–H and O–H groups in total. The van der Waals surface area contributed by atoms with Crippen LogP contribution in [0.15, 0.2) is 36.5 Å². The summed E-state index contributed by atoms with van der Waals surface area (Å²) in [7, 11) is 0. The van der Waals surface area contributed by atoms with Crippen LogP contribution in [0.25, 0.3) is 10.9 Å². The molecule has 1 aromatic heterocycles. The van der Waals surface area contributed by atoms with Crippen molar-refractivity contribution >= 4 is 40.3 Å². The Labute approximate surface area is 177 Å². The molecule has 2 amide bonds. The molecule has 0 spiro atoms. The second-order valence-corrected chi connectivity index (χ2v) is 7.09. The van der Waals surface area contributed by atoms with Crippen molar-refractivity contribution in [1.82, 2.24) is 15.1 Å². The first kappa shape index (κ1) is 20.8. The van der Waals surface area contributed by atoms with Gasteiger partial charge in [-0.25, -0.2) is 9.59 Å². The minimum absolute atomic E-state index is 0.0694. The number of ether oxygens (including phenoxy) is 1. The van der Waals surface area contributed by atoms with Gasteiger partial charge >= 0.3 is 18.3 Å². The standard InChI is InChI=1S/C19H14ClF3N4O4/c20-15-11(19(21,22)23)5-4-9-13(6-7-31-16(9)15)26-17(28)25-12-2-1-3-14-10(12)8-24-27(14)18(29)30/h1-5,8,13H,6-7H2,(H,29,30)(H2,25,26,28). The van der Waals surface area contributed by atoms with Crippen molar-refractivity contribution in [1.29, 1.82) is 0 Å². The van der Waals surface area contributed by atoms with E-state index >= 15 is 0 Å². The number of nitrogens with zero attached hydrogens (tertiary/aromatic N) is 2. The van der Waals surface area contributed by atoms with Crippen molar-refractivity contribution in [2.75, 3.05) is 11.9 Å². The third kappa shape index (κ3) is 3.83. The zero-order valence-corrected chi connectivity index (χ0v) is 16.3. The molecule has 0 aliphatic carbocycles. The lowest BCUT2D eigenvalue weighted by Gasteiger charge is -2.28. The van der Waals surface area contributed by atoms with Crippen molar-refractivity contribution in [2.45, 2.75) is 18.6 Å². The molecule has 4 rings (SSSR count). The Kier molecular flexibility index (Phi) is 5.13. The smallest absolute Gasteiger partial charge is 0.432 e. The quantitative estimate of drug-likeness (QED) is 0.512. The number of halogens is 4. The maximum atomic E-state index is 13.1. The average Bonchev–Trinajstić information content (AvgIpc) is 3.13. The molecular weight excluding hydrogens is 441 g/mol. The van der Waals surface area contributed by atoms with Crippen molar-refractivity contribution in [3.63, 3.8) is 0 Å². The van der Waals surface area contributed by atoms with E-state index in [9.17, 15) is 22.8 Å². The highest BCUT2D eigenvalue weighted by Gasteiger charge is 2.37. The number of alkyl halides is 3. The number of hydrogen-bond acceptors (Lipinski definition) is 4. The first-order valence-corrected chi connectivity index (χ1v) is 9.34. The molecule has 0 bridgehead atoms. The van der Waals surface area contributed by atoms with Crippen LogP contribution in [0.5, 0.6) is 5.75 Å². The molecule has 1 aliphatic rings. The van der Waals surface area contributed by atoms with Crippen molar-refractivity contribution < 1.29 is 32.6 Å². The normalized spacial score (nSPS) is 15.8. The van der Waals surface area contributed by atoms with Gasteiger partial charge in [0.25, 0.3) is 0 Å². The van der Waals surface area contributed by atoms with Gasteiger partial charge < -0.3 is 20.5 Å². The molecule has 1 unspecified atom stereocenters. The lowest BCUT2D eigenvalue weighted by molar-refractivity contribution is -0.137. The predicted molar refractivity (Wildman–Crippen MR) is 105 cm³/mol. The van der Waals surface area contributed by atoms with Crippen LogP contribution in [-0.2, 0) is 6.18 Å². The fourth-order valence-corrected chi connectivity index (χ4v) is 3.76. The summed E-state index contributed by atoms with van der Waals surface area (Å²) in [4.78, 5) is 23.8. The molecule has 1 aliphatic heterocycles. The molecule has 0 fully saturated rings. The summed E-state index contributed by atoms with van der Waals surface area (Å²) < 4.78 is 45.4. The van der Waals surface area contributed by atoms with E-state index in [0.29, 0.717) is 23.1 Å². The minimum Gasteiger partial charge on any atom is -0.492 e. The molecule has 162 valence electrons. The lowest BCUT2D eigenvalue weighted by Crippen LogP contribution is -2.35. The second-order valence-electron chi connectivity index (χ2n) is 6.71. The Balaban J connectivity index is 1.57. The van der Waals surface area contributed by atoms with Crippen LogP contribution in [0.4, 0.5) is 28.4 Å². The number of nitrogens with one attached hydrogen (secondary N) is 2.